The second-order valence-electron chi connectivity index (χ2n) is 5.52. The van der Waals surface area contributed by atoms with Crippen LogP contribution < -0.4 is 0 Å². The normalized spacial score (nSPS) is 11.2. The van der Waals surface area contributed by atoms with E-state index < -0.39 is 5.97 Å². The maximum Gasteiger partial charge on any atom is 0.347 e. The molecule has 0 saturated heterocycles. The summed E-state index contributed by atoms with van der Waals surface area (Å²) in [4.78, 5) is 16.2. The van der Waals surface area contributed by atoms with Crippen molar-refractivity contribution in [3.63, 3.8) is 0 Å². The number of thiazole rings is 1. The molecular weight excluding hydrogens is 324 g/mol. The van der Waals surface area contributed by atoms with Gasteiger partial charge < -0.3 is 14.1 Å². The zero-order valence-electron chi connectivity index (χ0n) is 13.1. The number of aromatic nitrogens is 2. The fraction of sp³-hybridized carbons (Fsp3) is 0.111. The highest BCUT2D eigenvalue weighted by atomic mass is 32.1. The van der Waals surface area contributed by atoms with Crippen LogP contribution in [-0.2, 0) is 7.05 Å². The van der Waals surface area contributed by atoms with Gasteiger partial charge in [0.15, 0.2) is 5.76 Å². The van der Waals surface area contributed by atoms with E-state index in [0.29, 0.717) is 10.7 Å². The highest BCUT2D eigenvalue weighted by Gasteiger charge is 2.24. The third-order valence-electron chi connectivity index (χ3n) is 4.07. The average molecular weight is 338 g/mol. The van der Waals surface area contributed by atoms with Crippen molar-refractivity contribution in [3.8, 4) is 22.0 Å². The standard InChI is InChI=1S/C18H14N2O3S/c1-10-16(18(21)22)24-17(19-10)14-11-6-3-4-7-12(11)20(2)15(14)13-8-5-9-23-13/h3-9H,1-2H3,(H,21,22). The van der Waals surface area contributed by atoms with Crippen molar-refractivity contribution in [1.29, 1.82) is 0 Å². The lowest BCUT2D eigenvalue weighted by molar-refractivity contribution is 0.0701. The number of carboxylic acids is 1. The number of carboxylic acid groups (broad SMARTS) is 1. The summed E-state index contributed by atoms with van der Waals surface area (Å²) in [5, 5.41) is 11.1. The van der Waals surface area contributed by atoms with Gasteiger partial charge in [-0.3, -0.25) is 0 Å². The van der Waals surface area contributed by atoms with Gasteiger partial charge in [-0.25, -0.2) is 9.78 Å². The summed E-state index contributed by atoms with van der Waals surface area (Å²) in [6.45, 7) is 1.72. The molecule has 0 saturated carbocycles. The molecule has 0 bridgehead atoms. The number of furan rings is 1. The molecular formula is C18H14N2O3S. The third-order valence-corrected chi connectivity index (χ3v) is 5.23. The van der Waals surface area contributed by atoms with Gasteiger partial charge in [-0.2, -0.15) is 0 Å². The Morgan fingerprint density at radius 1 is 1.25 bits per heavy atom. The van der Waals surface area contributed by atoms with E-state index in [2.05, 4.69) is 9.55 Å². The number of aromatic carboxylic acids is 1. The fourth-order valence-corrected chi connectivity index (χ4v) is 3.98. The van der Waals surface area contributed by atoms with E-state index in [-0.39, 0.29) is 4.88 Å². The van der Waals surface area contributed by atoms with Crippen LogP contribution in [0.4, 0.5) is 0 Å². The molecule has 0 aliphatic heterocycles. The summed E-state index contributed by atoms with van der Waals surface area (Å²) >= 11 is 1.19. The fourth-order valence-electron chi connectivity index (χ4n) is 3.01. The number of para-hydroxylation sites is 1. The molecule has 0 aliphatic rings. The van der Waals surface area contributed by atoms with Crippen molar-refractivity contribution in [3.05, 3.63) is 53.2 Å². The molecule has 5 nitrogen and oxygen atoms in total. The van der Waals surface area contributed by atoms with Crippen LogP contribution in [-0.4, -0.2) is 20.6 Å². The average Bonchev–Trinajstić information content (AvgIpc) is 3.26. The largest absolute Gasteiger partial charge is 0.477 e. The molecule has 0 aliphatic carbocycles. The Kier molecular flexibility index (Phi) is 3.28. The molecule has 0 atom stereocenters. The first kappa shape index (κ1) is 14.7. The van der Waals surface area contributed by atoms with Crippen molar-refractivity contribution in [2.45, 2.75) is 6.92 Å². The van der Waals surface area contributed by atoms with Crippen LogP contribution in [0.5, 0.6) is 0 Å². The summed E-state index contributed by atoms with van der Waals surface area (Å²) in [6.07, 6.45) is 1.63. The van der Waals surface area contributed by atoms with Crippen LogP contribution in [0, 0.1) is 6.92 Å². The SMILES string of the molecule is Cc1nc(-c2c(-c3ccco3)n(C)c3ccccc23)sc1C(=O)O. The summed E-state index contributed by atoms with van der Waals surface area (Å²) in [6, 6.07) is 11.7. The van der Waals surface area contributed by atoms with Crippen LogP contribution in [0.3, 0.4) is 0 Å². The molecule has 6 heteroatoms. The first-order valence-corrected chi connectivity index (χ1v) is 8.22. The van der Waals surface area contributed by atoms with Crippen molar-refractivity contribution in [2.75, 3.05) is 0 Å². The lowest BCUT2D eigenvalue weighted by Crippen LogP contribution is -1.94. The molecule has 4 aromatic rings. The molecule has 3 aromatic heterocycles. The maximum absolute atomic E-state index is 11.4. The van der Waals surface area contributed by atoms with Gasteiger partial charge in [-0.1, -0.05) is 18.2 Å². The molecule has 0 spiro atoms. The van der Waals surface area contributed by atoms with E-state index in [9.17, 15) is 9.90 Å². The predicted octanol–water partition coefficient (Wildman–Crippen LogP) is 4.57. The number of hydrogen-bond donors (Lipinski definition) is 1. The summed E-state index contributed by atoms with van der Waals surface area (Å²) in [7, 11) is 1.97. The number of nitrogens with zero attached hydrogens (tertiary/aromatic N) is 2. The number of fused-ring (bicyclic) bond motifs is 1. The Morgan fingerprint density at radius 2 is 2.04 bits per heavy atom. The lowest BCUT2D eigenvalue weighted by atomic mass is 10.1. The molecule has 0 amide bonds. The first-order valence-electron chi connectivity index (χ1n) is 7.40. The van der Waals surface area contributed by atoms with Gasteiger partial charge in [0.2, 0.25) is 0 Å². The number of rotatable bonds is 3. The summed E-state index contributed by atoms with van der Waals surface area (Å²) in [5.41, 5.74) is 3.37. The van der Waals surface area contributed by atoms with Crippen LogP contribution in [0.15, 0.2) is 47.1 Å². The van der Waals surface area contributed by atoms with Crippen molar-refractivity contribution in [2.24, 2.45) is 7.05 Å². The molecule has 0 radical (unpaired) electrons. The second-order valence-corrected chi connectivity index (χ2v) is 6.51. The van der Waals surface area contributed by atoms with E-state index >= 15 is 0 Å². The number of benzene rings is 1. The Bertz CT molecular complexity index is 1060. The first-order chi connectivity index (χ1) is 11.6. The molecule has 0 unspecified atom stereocenters. The predicted molar refractivity (Wildman–Crippen MR) is 93.4 cm³/mol. The number of carbonyl (C=O) groups is 1. The van der Waals surface area contributed by atoms with Crippen LogP contribution >= 0.6 is 11.3 Å². The monoisotopic (exact) mass is 338 g/mol. The summed E-state index contributed by atoms with van der Waals surface area (Å²) < 4.78 is 7.67. The second kappa shape index (κ2) is 5.35. The van der Waals surface area contributed by atoms with Gasteiger partial charge in [0.25, 0.3) is 0 Å². The van der Waals surface area contributed by atoms with Gasteiger partial charge in [0.1, 0.15) is 9.88 Å². The van der Waals surface area contributed by atoms with Crippen molar-refractivity contribution >= 4 is 28.2 Å². The van der Waals surface area contributed by atoms with Gasteiger partial charge in [-0.05, 0) is 25.1 Å². The van der Waals surface area contributed by atoms with Crippen LogP contribution in [0.25, 0.3) is 32.9 Å². The quantitative estimate of drug-likeness (QED) is 0.594. The van der Waals surface area contributed by atoms with E-state index in [4.69, 9.17) is 4.42 Å². The number of hydrogen-bond acceptors (Lipinski definition) is 4. The number of aryl methyl sites for hydroxylation is 2. The Morgan fingerprint density at radius 3 is 2.71 bits per heavy atom. The zero-order valence-corrected chi connectivity index (χ0v) is 13.9. The van der Waals surface area contributed by atoms with Gasteiger partial charge in [0.05, 0.1) is 17.7 Å². The van der Waals surface area contributed by atoms with E-state index in [1.807, 2.05) is 43.4 Å². The van der Waals surface area contributed by atoms with Gasteiger partial charge in [0, 0.05) is 23.5 Å². The summed E-state index contributed by atoms with van der Waals surface area (Å²) in [5.74, 6) is -0.218. The van der Waals surface area contributed by atoms with E-state index in [1.165, 1.54) is 11.3 Å². The Hall–Kier alpha value is -2.86. The van der Waals surface area contributed by atoms with Crippen molar-refractivity contribution in [1.82, 2.24) is 9.55 Å². The van der Waals surface area contributed by atoms with Gasteiger partial charge in [-0.15, -0.1) is 11.3 Å². The van der Waals surface area contributed by atoms with Crippen LogP contribution in [0.2, 0.25) is 0 Å². The molecule has 0 fully saturated rings. The smallest absolute Gasteiger partial charge is 0.347 e. The molecule has 120 valence electrons. The third kappa shape index (κ3) is 2.07. The molecule has 24 heavy (non-hydrogen) atoms. The van der Waals surface area contributed by atoms with Gasteiger partial charge >= 0.3 is 5.97 Å². The minimum atomic E-state index is -0.948. The molecule has 3 heterocycles. The topological polar surface area (TPSA) is 68.3 Å². The zero-order chi connectivity index (χ0) is 16.8. The molecule has 1 N–H and O–H groups in total. The minimum Gasteiger partial charge on any atom is -0.477 e. The lowest BCUT2D eigenvalue weighted by Gasteiger charge is -2.03. The Balaban J connectivity index is 2.09. The highest BCUT2D eigenvalue weighted by Crippen LogP contribution is 2.42. The van der Waals surface area contributed by atoms with Crippen LogP contribution in [0.1, 0.15) is 15.4 Å². The molecule has 1 aromatic carbocycles. The van der Waals surface area contributed by atoms with E-state index in [1.54, 1.807) is 13.2 Å². The molecule has 4 rings (SSSR count). The van der Waals surface area contributed by atoms with Crippen molar-refractivity contribution < 1.29 is 14.3 Å². The maximum atomic E-state index is 11.4. The Labute approximate surface area is 141 Å². The minimum absolute atomic E-state index is 0.267. The van der Waals surface area contributed by atoms with E-state index in [0.717, 1.165) is 27.9 Å². The highest BCUT2D eigenvalue weighted by molar-refractivity contribution is 7.17.